The second-order valence-electron chi connectivity index (χ2n) is 17.5. The molecule has 0 aromatic heterocycles. The number of rotatable bonds is 42. The molecule has 0 spiro atoms. The van der Waals surface area contributed by atoms with Gasteiger partial charge in [0, 0.05) is 12.8 Å². The largest absolute Gasteiger partial charge is 0.462 e. The molecule has 0 amide bonds. The summed E-state index contributed by atoms with van der Waals surface area (Å²) in [5.41, 5.74) is 0. The molecule has 0 aliphatic carbocycles. The fourth-order valence-corrected chi connectivity index (χ4v) is 8.42. The van der Waals surface area contributed by atoms with Crippen molar-refractivity contribution < 1.29 is 56.8 Å². The first-order chi connectivity index (χ1) is 29.5. The second-order valence-corrected chi connectivity index (χ2v) is 19.0. The van der Waals surface area contributed by atoms with Crippen LogP contribution in [0, 0.1) is 0 Å². The molecule has 360 valence electrons. The summed E-state index contributed by atoms with van der Waals surface area (Å²) in [5, 5.41) is 30.9. The third-order valence-electron chi connectivity index (χ3n) is 11.6. The van der Waals surface area contributed by atoms with Gasteiger partial charge in [-0.2, -0.15) is 8.42 Å². The molecular formula is C48H90O12S. The quantitative estimate of drug-likeness (QED) is 0.0197. The van der Waals surface area contributed by atoms with Crippen molar-refractivity contribution in [3.8, 4) is 0 Å². The molecule has 0 aromatic carbocycles. The van der Waals surface area contributed by atoms with E-state index in [0.29, 0.717) is 12.8 Å². The third-order valence-corrected chi connectivity index (χ3v) is 12.3. The average Bonchev–Trinajstić information content (AvgIpc) is 3.22. The van der Waals surface area contributed by atoms with E-state index in [1.165, 1.54) is 148 Å². The molecule has 0 aromatic rings. The van der Waals surface area contributed by atoms with Crippen molar-refractivity contribution in [2.75, 3.05) is 19.0 Å². The summed E-state index contributed by atoms with van der Waals surface area (Å²) >= 11 is 0. The van der Waals surface area contributed by atoms with E-state index in [1.54, 1.807) is 0 Å². The van der Waals surface area contributed by atoms with Crippen LogP contribution in [-0.2, 0) is 38.7 Å². The van der Waals surface area contributed by atoms with E-state index in [1.807, 2.05) is 0 Å². The van der Waals surface area contributed by atoms with Crippen LogP contribution in [-0.4, -0.2) is 96.0 Å². The summed E-state index contributed by atoms with van der Waals surface area (Å²) in [5.74, 6) is -1.97. The second kappa shape index (κ2) is 38.8. The molecule has 1 saturated heterocycles. The Hall–Kier alpha value is -1.61. The summed E-state index contributed by atoms with van der Waals surface area (Å²) in [6, 6.07) is 0. The third kappa shape index (κ3) is 33.6. The SMILES string of the molecule is CCCCCCCC/C=C/CCCCCCCCCCCCCC(=O)OC[C@H](CO[C@H]1O[C@H](CS(=O)(=O)O)[C@@H](O)C(O)C1O)OC(=O)CCCCCCCCCCCCCC. The Labute approximate surface area is 371 Å². The highest BCUT2D eigenvalue weighted by Crippen LogP contribution is 2.24. The average molecular weight is 891 g/mol. The first kappa shape index (κ1) is 57.4. The Bertz CT molecular complexity index is 1180. The highest BCUT2D eigenvalue weighted by Gasteiger charge is 2.46. The molecule has 1 fully saturated rings. The Kier molecular flexibility index (Phi) is 36.5. The first-order valence-electron chi connectivity index (χ1n) is 24.7. The van der Waals surface area contributed by atoms with Crippen LogP contribution in [0.1, 0.15) is 226 Å². The van der Waals surface area contributed by atoms with E-state index >= 15 is 0 Å². The van der Waals surface area contributed by atoms with Gasteiger partial charge < -0.3 is 34.3 Å². The minimum absolute atomic E-state index is 0.170. The Morgan fingerprint density at radius 1 is 0.541 bits per heavy atom. The standard InChI is InChI=1S/C48H90O12S/c1-3-5-7-9-11-13-15-17-18-19-20-21-22-23-24-25-27-28-30-32-34-36-43(49)57-38-41(39-58-48-47(53)46(52)45(51)42(60-48)40-61(54,55)56)59-44(50)37-35-33-31-29-26-16-14-12-10-8-6-4-2/h17-18,41-42,45-48,51-53H,3-16,19-40H2,1-2H3,(H,54,55,56)/b18-17+/t41-,42-,45-,46?,47?,48+/m1/s1. The van der Waals surface area contributed by atoms with Crippen LogP contribution in [0.3, 0.4) is 0 Å². The van der Waals surface area contributed by atoms with Gasteiger partial charge in [-0.3, -0.25) is 14.1 Å². The number of hydrogen-bond acceptors (Lipinski definition) is 11. The molecule has 0 saturated carbocycles. The number of carbonyl (C=O) groups excluding carboxylic acids is 2. The number of unbranched alkanes of at least 4 members (excludes halogenated alkanes) is 28. The minimum atomic E-state index is -4.60. The summed E-state index contributed by atoms with van der Waals surface area (Å²) in [6.07, 6.45) is 32.6. The van der Waals surface area contributed by atoms with Gasteiger partial charge in [-0.1, -0.05) is 187 Å². The van der Waals surface area contributed by atoms with E-state index < -0.39 is 71.2 Å². The maximum Gasteiger partial charge on any atom is 0.306 e. The van der Waals surface area contributed by atoms with Gasteiger partial charge in [0.2, 0.25) is 0 Å². The highest BCUT2D eigenvalue weighted by molar-refractivity contribution is 7.85. The molecule has 6 atom stereocenters. The lowest BCUT2D eigenvalue weighted by Gasteiger charge is -2.40. The molecule has 1 aliphatic rings. The highest BCUT2D eigenvalue weighted by atomic mass is 32.2. The van der Waals surface area contributed by atoms with Gasteiger partial charge in [0.25, 0.3) is 10.1 Å². The zero-order chi connectivity index (χ0) is 44.8. The summed E-state index contributed by atoms with van der Waals surface area (Å²) in [6.45, 7) is 3.77. The molecule has 13 heteroatoms. The molecule has 0 radical (unpaired) electrons. The number of carbonyl (C=O) groups is 2. The van der Waals surface area contributed by atoms with Gasteiger partial charge >= 0.3 is 11.9 Å². The zero-order valence-electron chi connectivity index (χ0n) is 38.5. The van der Waals surface area contributed by atoms with Gasteiger partial charge in [-0.15, -0.1) is 0 Å². The smallest absolute Gasteiger partial charge is 0.306 e. The predicted octanol–water partition coefficient (Wildman–Crippen LogP) is 10.6. The van der Waals surface area contributed by atoms with Crippen molar-refractivity contribution in [2.45, 2.75) is 263 Å². The van der Waals surface area contributed by atoms with Crippen LogP contribution in [0.25, 0.3) is 0 Å². The van der Waals surface area contributed by atoms with Crippen molar-refractivity contribution in [2.24, 2.45) is 0 Å². The Morgan fingerprint density at radius 3 is 1.36 bits per heavy atom. The monoisotopic (exact) mass is 891 g/mol. The van der Waals surface area contributed by atoms with E-state index in [0.717, 1.165) is 38.5 Å². The number of aliphatic hydroxyl groups excluding tert-OH is 3. The number of esters is 2. The van der Waals surface area contributed by atoms with E-state index in [4.69, 9.17) is 18.9 Å². The number of allylic oxidation sites excluding steroid dienone is 2. The number of ether oxygens (including phenoxy) is 4. The Morgan fingerprint density at radius 2 is 0.934 bits per heavy atom. The van der Waals surface area contributed by atoms with Crippen LogP contribution in [0.15, 0.2) is 12.2 Å². The van der Waals surface area contributed by atoms with Gasteiger partial charge in [-0.25, -0.2) is 0 Å². The van der Waals surface area contributed by atoms with Crippen molar-refractivity contribution in [3.05, 3.63) is 12.2 Å². The molecule has 12 nitrogen and oxygen atoms in total. The van der Waals surface area contributed by atoms with Crippen molar-refractivity contribution in [1.82, 2.24) is 0 Å². The van der Waals surface area contributed by atoms with Gasteiger partial charge in [0.15, 0.2) is 12.4 Å². The van der Waals surface area contributed by atoms with Gasteiger partial charge in [0.05, 0.1) is 6.61 Å². The molecular weight excluding hydrogens is 801 g/mol. The topological polar surface area (TPSA) is 186 Å². The summed E-state index contributed by atoms with van der Waals surface area (Å²) in [7, 11) is -4.60. The number of aliphatic hydroxyl groups is 3. The minimum Gasteiger partial charge on any atom is -0.462 e. The zero-order valence-corrected chi connectivity index (χ0v) is 39.4. The molecule has 4 N–H and O–H groups in total. The van der Waals surface area contributed by atoms with E-state index in [2.05, 4.69) is 26.0 Å². The lowest BCUT2D eigenvalue weighted by molar-refractivity contribution is -0.297. The van der Waals surface area contributed by atoms with Crippen LogP contribution < -0.4 is 0 Å². The van der Waals surface area contributed by atoms with Crippen molar-refractivity contribution in [3.63, 3.8) is 0 Å². The summed E-state index contributed by atoms with van der Waals surface area (Å²) < 4.78 is 54.1. The van der Waals surface area contributed by atoms with Crippen LogP contribution in [0.5, 0.6) is 0 Å². The van der Waals surface area contributed by atoms with Crippen molar-refractivity contribution >= 4 is 22.1 Å². The lowest BCUT2D eigenvalue weighted by Crippen LogP contribution is -2.60. The van der Waals surface area contributed by atoms with Gasteiger partial charge in [0.1, 0.15) is 36.8 Å². The Balaban J connectivity index is 2.34. The lowest BCUT2D eigenvalue weighted by atomic mass is 10.00. The molecule has 1 aliphatic heterocycles. The molecule has 1 rings (SSSR count). The van der Waals surface area contributed by atoms with E-state index in [-0.39, 0.29) is 19.4 Å². The van der Waals surface area contributed by atoms with E-state index in [9.17, 15) is 37.9 Å². The van der Waals surface area contributed by atoms with Crippen LogP contribution >= 0.6 is 0 Å². The molecule has 61 heavy (non-hydrogen) atoms. The molecule has 2 unspecified atom stereocenters. The van der Waals surface area contributed by atoms with Gasteiger partial charge in [-0.05, 0) is 38.5 Å². The first-order valence-corrected chi connectivity index (χ1v) is 26.4. The van der Waals surface area contributed by atoms with Crippen LogP contribution in [0.2, 0.25) is 0 Å². The molecule has 0 bridgehead atoms. The fraction of sp³-hybridized carbons (Fsp3) is 0.917. The predicted molar refractivity (Wildman–Crippen MR) is 243 cm³/mol. The van der Waals surface area contributed by atoms with Crippen molar-refractivity contribution in [1.29, 1.82) is 0 Å². The normalized spacial score (nSPS) is 20.0. The summed E-state index contributed by atoms with van der Waals surface area (Å²) in [4.78, 5) is 25.4. The van der Waals surface area contributed by atoms with Crippen LogP contribution in [0.4, 0.5) is 0 Å². The maximum absolute atomic E-state index is 12.8. The molecule has 1 heterocycles. The number of hydrogen-bond donors (Lipinski definition) is 4. The fourth-order valence-electron chi connectivity index (χ4n) is 7.73. The maximum atomic E-state index is 12.8.